The molecule has 0 spiro atoms. The highest BCUT2D eigenvalue weighted by molar-refractivity contribution is 8.00. The molecular formula is C18H17ClN4OS. The Balaban J connectivity index is 1.72. The lowest BCUT2D eigenvalue weighted by Gasteiger charge is -2.13. The van der Waals surface area contributed by atoms with Gasteiger partial charge in [0.25, 0.3) is 0 Å². The van der Waals surface area contributed by atoms with E-state index in [2.05, 4.69) is 15.5 Å². The number of nitrogens with zero attached hydrogens (tertiary/aromatic N) is 3. The van der Waals surface area contributed by atoms with E-state index in [0.717, 1.165) is 16.9 Å². The second kappa shape index (κ2) is 7.72. The molecule has 0 fully saturated rings. The summed E-state index contributed by atoms with van der Waals surface area (Å²) in [7, 11) is 0. The van der Waals surface area contributed by atoms with Crippen LogP contribution >= 0.6 is 23.4 Å². The Labute approximate surface area is 155 Å². The standard InChI is InChI=1S/C18H17ClN4OS/c1-12-5-3-7-15(9-12)21-17(24)13(2)25-18-22-20-11-23(18)16-8-4-6-14(19)10-16/h3-11,13H,1-2H3,(H,21,24). The van der Waals surface area contributed by atoms with E-state index in [0.29, 0.717) is 10.2 Å². The van der Waals surface area contributed by atoms with Crippen LogP contribution in [0.3, 0.4) is 0 Å². The van der Waals surface area contributed by atoms with Crippen LogP contribution in [0.5, 0.6) is 0 Å². The molecule has 0 bridgehead atoms. The van der Waals surface area contributed by atoms with Crippen molar-refractivity contribution in [3.63, 3.8) is 0 Å². The van der Waals surface area contributed by atoms with Crippen molar-refractivity contribution in [1.29, 1.82) is 0 Å². The van der Waals surface area contributed by atoms with E-state index in [1.54, 1.807) is 12.4 Å². The molecule has 1 unspecified atom stereocenters. The number of rotatable bonds is 5. The van der Waals surface area contributed by atoms with Crippen molar-refractivity contribution in [2.45, 2.75) is 24.3 Å². The van der Waals surface area contributed by atoms with Crippen molar-refractivity contribution in [3.8, 4) is 5.69 Å². The van der Waals surface area contributed by atoms with Gasteiger partial charge in [0, 0.05) is 10.7 Å². The van der Waals surface area contributed by atoms with Gasteiger partial charge in [0.2, 0.25) is 5.91 Å². The molecular weight excluding hydrogens is 356 g/mol. The third kappa shape index (κ3) is 4.41. The van der Waals surface area contributed by atoms with Gasteiger partial charge in [0.05, 0.1) is 10.9 Å². The van der Waals surface area contributed by atoms with Crippen LogP contribution in [0.15, 0.2) is 60.0 Å². The molecule has 1 N–H and O–H groups in total. The summed E-state index contributed by atoms with van der Waals surface area (Å²) >= 11 is 7.39. The fourth-order valence-corrected chi connectivity index (χ4v) is 3.31. The Morgan fingerprint density at radius 2 is 2.04 bits per heavy atom. The molecule has 0 saturated heterocycles. The number of hydrogen-bond acceptors (Lipinski definition) is 4. The van der Waals surface area contributed by atoms with Crippen molar-refractivity contribution >= 4 is 35.0 Å². The van der Waals surface area contributed by atoms with Gasteiger partial charge in [-0.1, -0.05) is 41.6 Å². The lowest BCUT2D eigenvalue weighted by atomic mass is 10.2. The zero-order valence-electron chi connectivity index (χ0n) is 13.8. The highest BCUT2D eigenvalue weighted by atomic mass is 35.5. The number of carbonyl (C=O) groups is 1. The summed E-state index contributed by atoms with van der Waals surface area (Å²) in [5.41, 5.74) is 2.74. The monoisotopic (exact) mass is 372 g/mol. The molecule has 1 heterocycles. The van der Waals surface area contributed by atoms with Gasteiger partial charge in [-0.3, -0.25) is 9.36 Å². The number of anilines is 1. The summed E-state index contributed by atoms with van der Waals surface area (Å²) in [5.74, 6) is -0.0868. The molecule has 2 aromatic carbocycles. The van der Waals surface area contributed by atoms with Crippen molar-refractivity contribution in [2.75, 3.05) is 5.32 Å². The normalized spacial score (nSPS) is 12.0. The molecule has 1 amide bonds. The summed E-state index contributed by atoms with van der Waals surface area (Å²) in [6, 6.07) is 15.1. The van der Waals surface area contributed by atoms with Crippen LogP contribution in [0.2, 0.25) is 5.02 Å². The molecule has 25 heavy (non-hydrogen) atoms. The topological polar surface area (TPSA) is 59.8 Å². The van der Waals surface area contributed by atoms with Gasteiger partial charge in [0.15, 0.2) is 5.16 Å². The van der Waals surface area contributed by atoms with Crippen LogP contribution in [0.4, 0.5) is 5.69 Å². The number of carbonyl (C=O) groups excluding carboxylic acids is 1. The zero-order valence-corrected chi connectivity index (χ0v) is 15.4. The summed E-state index contributed by atoms with van der Waals surface area (Å²) in [6.07, 6.45) is 1.61. The number of halogens is 1. The second-order valence-electron chi connectivity index (χ2n) is 5.58. The van der Waals surface area contributed by atoms with Gasteiger partial charge in [-0.05, 0) is 49.7 Å². The summed E-state index contributed by atoms with van der Waals surface area (Å²) in [4.78, 5) is 12.4. The average Bonchev–Trinajstić information content (AvgIpc) is 3.03. The smallest absolute Gasteiger partial charge is 0.237 e. The van der Waals surface area contributed by atoms with Crippen LogP contribution in [0.25, 0.3) is 5.69 Å². The van der Waals surface area contributed by atoms with Crippen molar-refractivity contribution in [3.05, 3.63) is 65.4 Å². The lowest BCUT2D eigenvalue weighted by molar-refractivity contribution is -0.115. The predicted octanol–water partition coefficient (Wildman–Crippen LogP) is 4.35. The van der Waals surface area contributed by atoms with Crippen LogP contribution in [0.1, 0.15) is 12.5 Å². The van der Waals surface area contributed by atoms with E-state index in [1.165, 1.54) is 11.8 Å². The van der Waals surface area contributed by atoms with Gasteiger partial charge >= 0.3 is 0 Å². The first-order chi connectivity index (χ1) is 12.0. The number of amides is 1. The maximum Gasteiger partial charge on any atom is 0.237 e. The number of aryl methyl sites for hydroxylation is 1. The predicted molar refractivity (Wildman–Crippen MR) is 101 cm³/mol. The van der Waals surface area contributed by atoms with E-state index in [4.69, 9.17) is 11.6 Å². The third-order valence-electron chi connectivity index (χ3n) is 3.54. The Morgan fingerprint density at radius 1 is 1.24 bits per heavy atom. The van der Waals surface area contributed by atoms with Crippen LogP contribution < -0.4 is 5.32 Å². The molecule has 128 valence electrons. The first-order valence-corrected chi connectivity index (χ1v) is 8.99. The fourth-order valence-electron chi connectivity index (χ4n) is 2.29. The highest BCUT2D eigenvalue weighted by Gasteiger charge is 2.18. The Kier molecular flexibility index (Phi) is 5.40. The molecule has 0 radical (unpaired) electrons. The minimum absolute atomic E-state index is 0.0868. The van der Waals surface area contributed by atoms with Crippen molar-refractivity contribution < 1.29 is 4.79 Å². The number of nitrogens with one attached hydrogen (secondary N) is 1. The first kappa shape index (κ1) is 17.5. The lowest BCUT2D eigenvalue weighted by Crippen LogP contribution is -2.22. The Morgan fingerprint density at radius 3 is 2.80 bits per heavy atom. The molecule has 3 rings (SSSR count). The molecule has 5 nitrogen and oxygen atoms in total. The largest absolute Gasteiger partial charge is 0.325 e. The first-order valence-electron chi connectivity index (χ1n) is 7.73. The third-order valence-corrected chi connectivity index (χ3v) is 4.83. The van der Waals surface area contributed by atoms with E-state index in [1.807, 2.05) is 60.9 Å². The van der Waals surface area contributed by atoms with E-state index >= 15 is 0 Å². The average molecular weight is 373 g/mol. The van der Waals surface area contributed by atoms with E-state index in [-0.39, 0.29) is 11.2 Å². The quantitative estimate of drug-likeness (QED) is 0.676. The number of aromatic nitrogens is 3. The Bertz CT molecular complexity index is 896. The summed E-state index contributed by atoms with van der Waals surface area (Å²) < 4.78 is 1.81. The van der Waals surface area contributed by atoms with Gasteiger partial charge in [-0.25, -0.2) is 0 Å². The number of hydrogen-bond donors (Lipinski definition) is 1. The van der Waals surface area contributed by atoms with Gasteiger partial charge in [0.1, 0.15) is 6.33 Å². The highest BCUT2D eigenvalue weighted by Crippen LogP contribution is 2.25. The maximum atomic E-state index is 12.4. The maximum absolute atomic E-state index is 12.4. The van der Waals surface area contributed by atoms with Crippen LogP contribution in [0, 0.1) is 6.92 Å². The molecule has 0 saturated carbocycles. The minimum atomic E-state index is -0.331. The molecule has 3 aromatic rings. The van der Waals surface area contributed by atoms with Gasteiger partial charge in [-0.2, -0.15) is 0 Å². The molecule has 0 aliphatic rings. The summed E-state index contributed by atoms with van der Waals surface area (Å²) in [6.45, 7) is 3.83. The molecule has 1 atom stereocenters. The molecule has 0 aliphatic heterocycles. The van der Waals surface area contributed by atoms with Gasteiger partial charge < -0.3 is 5.32 Å². The van der Waals surface area contributed by atoms with Crippen molar-refractivity contribution in [1.82, 2.24) is 14.8 Å². The second-order valence-corrected chi connectivity index (χ2v) is 7.33. The van der Waals surface area contributed by atoms with Gasteiger partial charge in [-0.15, -0.1) is 10.2 Å². The minimum Gasteiger partial charge on any atom is -0.325 e. The number of thioether (sulfide) groups is 1. The fraction of sp³-hybridized carbons (Fsp3) is 0.167. The SMILES string of the molecule is Cc1cccc(NC(=O)C(C)Sc2nncn2-c2cccc(Cl)c2)c1. The zero-order chi connectivity index (χ0) is 17.8. The van der Waals surface area contributed by atoms with Crippen LogP contribution in [-0.2, 0) is 4.79 Å². The van der Waals surface area contributed by atoms with Crippen LogP contribution in [-0.4, -0.2) is 25.9 Å². The molecule has 0 aliphatic carbocycles. The van der Waals surface area contributed by atoms with Crippen molar-refractivity contribution in [2.24, 2.45) is 0 Å². The molecule has 1 aromatic heterocycles. The Hall–Kier alpha value is -2.31. The van der Waals surface area contributed by atoms with E-state index in [9.17, 15) is 4.79 Å². The number of benzene rings is 2. The van der Waals surface area contributed by atoms with E-state index < -0.39 is 0 Å². The summed E-state index contributed by atoms with van der Waals surface area (Å²) in [5, 5.41) is 11.9. The molecule has 7 heteroatoms.